The third-order valence-electron chi connectivity index (χ3n) is 4.10. The van der Waals surface area contributed by atoms with E-state index in [-0.39, 0.29) is 5.78 Å². The highest BCUT2D eigenvalue weighted by Crippen LogP contribution is 2.22. The predicted molar refractivity (Wildman–Crippen MR) is 94.7 cm³/mol. The molecular formula is C18H25NO3S. The smallest absolute Gasteiger partial charge is 0.177 e. The summed E-state index contributed by atoms with van der Waals surface area (Å²) in [4.78, 5) is 11.8. The summed E-state index contributed by atoms with van der Waals surface area (Å²) in [5.74, 6) is 0.0255. The van der Waals surface area contributed by atoms with Gasteiger partial charge < -0.3 is 5.32 Å². The van der Waals surface area contributed by atoms with Crippen LogP contribution in [0.25, 0.3) is 0 Å². The van der Waals surface area contributed by atoms with Crippen molar-refractivity contribution in [2.45, 2.75) is 32.1 Å². The van der Waals surface area contributed by atoms with Crippen LogP contribution in [0.1, 0.15) is 42.5 Å². The number of hydrogen-bond donors (Lipinski definition) is 1. The number of nitrogens with one attached hydrogen (secondary N) is 1. The Morgan fingerprint density at radius 3 is 2.57 bits per heavy atom. The lowest BCUT2D eigenvalue weighted by Crippen LogP contribution is -2.14. The van der Waals surface area contributed by atoms with Crippen molar-refractivity contribution in [3.05, 3.63) is 42.0 Å². The Bertz CT molecular complexity index is 647. The summed E-state index contributed by atoms with van der Waals surface area (Å²) < 4.78 is 22.3. The van der Waals surface area contributed by atoms with E-state index in [1.807, 2.05) is 12.1 Å². The van der Waals surface area contributed by atoms with Crippen molar-refractivity contribution in [2.24, 2.45) is 5.92 Å². The highest BCUT2D eigenvalue weighted by Gasteiger charge is 2.13. The molecule has 1 aliphatic rings. The minimum absolute atomic E-state index is 0.357. The number of rotatable bonds is 8. The van der Waals surface area contributed by atoms with Crippen LogP contribution in [0.5, 0.6) is 0 Å². The van der Waals surface area contributed by atoms with Gasteiger partial charge in [-0.1, -0.05) is 12.2 Å². The summed E-state index contributed by atoms with van der Waals surface area (Å²) in [6.45, 7) is 0.914. The minimum atomic E-state index is -3.28. The summed E-state index contributed by atoms with van der Waals surface area (Å²) in [7, 11) is -3.28. The molecular weight excluding hydrogens is 310 g/mol. The highest BCUT2D eigenvalue weighted by atomic mass is 32.2. The molecule has 1 aliphatic carbocycles. The molecule has 1 aromatic carbocycles. The zero-order chi connectivity index (χ0) is 16.7. The maximum absolute atomic E-state index is 11.8. The SMILES string of the molecule is CS(=O)(=O)CC(=O)c1ccc(NCCCC2CC=CCC2)cc1. The third-order valence-corrected chi connectivity index (χ3v) is 4.88. The largest absolute Gasteiger partial charge is 0.385 e. The number of carbonyl (C=O) groups is 1. The van der Waals surface area contributed by atoms with Gasteiger partial charge in [-0.3, -0.25) is 4.79 Å². The summed E-state index contributed by atoms with van der Waals surface area (Å²) in [6, 6.07) is 7.03. The number of Topliss-reactive ketones (excluding diaryl/α,β-unsaturated/α-hetero) is 1. The average molecular weight is 335 g/mol. The van der Waals surface area contributed by atoms with E-state index in [2.05, 4.69) is 17.5 Å². The number of allylic oxidation sites excluding steroid dienone is 2. The van der Waals surface area contributed by atoms with Crippen LogP contribution < -0.4 is 5.32 Å². The molecule has 1 aromatic rings. The highest BCUT2D eigenvalue weighted by molar-refractivity contribution is 7.91. The standard InChI is InChI=1S/C18H25NO3S/c1-23(21,22)14-18(20)16-9-11-17(12-10-16)19-13-5-8-15-6-3-2-4-7-15/h2-3,9-12,15,19H,4-8,13-14H2,1H3. The fraction of sp³-hybridized carbons (Fsp3) is 0.500. The number of anilines is 1. The van der Waals surface area contributed by atoms with Crippen LogP contribution in [-0.4, -0.2) is 32.8 Å². The molecule has 0 spiro atoms. The zero-order valence-electron chi connectivity index (χ0n) is 13.6. The lowest BCUT2D eigenvalue weighted by atomic mass is 9.90. The second-order valence-corrected chi connectivity index (χ2v) is 8.43. The lowest BCUT2D eigenvalue weighted by Gasteiger charge is -2.17. The molecule has 5 heteroatoms. The Kier molecular flexibility index (Phi) is 6.39. The van der Waals surface area contributed by atoms with Crippen molar-refractivity contribution in [1.29, 1.82) is 0 Å². The van der Waals surface area contributed by atoms with Crippen molar-refractivity contribution < 1.29 is 13.2 Å². The first-order valence-corrected chi connectivity index (χ1v) is 10.2. The number of benzene rings is 1. The van der Waals surface area contributed by atoms with Crippen LogP contribution in [0.2, 0.25) is 0 Å². The number of sulfone groups is 1. The van der Waals surface area contributed by atoms with Gasteiger partial charge in [-0.05, 0) is 62.3 Å². The van der Waals surface area contributed by atoms with Crippen LogP contribution in [0, 0.1) is 5.92 Å². The second-order valence-electron chi connectivity index (χ2n) is 6.29. The van der Waals surface area contributed by atoms with Crippen LogP contribution >= 0.6 is 0 Å². The van der Waals surface area contributed by atoms with Gasteiger partial charge in [0.25, 0.3) is 0 Å². The van der Waals surface area contributed by atoms with Crippen LogP contribution in [-0.2, 0) is 9.84 Å². The van der Waals surface area contributed by atoms with E-state index in [0.717, 1.165) is 30.8 Å². The molecule has 0 aromatic heterocycles. The molecule has 1 atom stereocenters. The van der Waals surface area contributed by atoms with Gasteiger partial charge in [-0.2, -0.15) is 0 Å². The van der Waals surface area contributed by atoms with Crippen molar-refractivity contribution in [3.8, 4) is 0 Å². The molecule has 0 bridgehead atoms. The van der Waals surface area contributed by atoms with Crippen LogP contribution in [0.3, 0.4) is 0 Å². The Hall–Kier alpha value is -1.62. The van der Waals surface area contributed by atoms with Crippen molar-refractivity contribution in [1.82, 2.24) is 0 Å². The van der Waals surface area contributed by atoms with Gasteiger partial charge in [0.15, 0.2) is 15.6 Å². The molecule has 0 saturated heterocycles. The number of carbonyl (C=O) groups excluding carboxylic acids is 1. The fourth-order valence-electron chi connectivity index (χ4n) is 2.84. The van der Waals surface area contributed by atoms with Crippen molar-refractivity contribution >= 4 is 21.3 Å². The van der Waals surface area contributed by atoms with Gasteiger partial charge >= 0.3 is 0 Å². The summed E-state index contributed by atoms with van der Waals surface area (Å²) in [5, 5.41) is 3.35. The van der Waals surface area contributed by atoms with E-state index in [4.69, 9.17) is 0 Å². The van der Waals surface area contributed by atoms with Gasteiger partial charge in [0, 0.05) is 24.1 Å². The molecule has 0 saturated carbocycles. The average Bonchev–Trinajstić information content (AvgIpc) is 2.51. The van der Waals surface area contributed by atoms with Gasteiger partial charge in [0.05, 0.1) is 0 Å². The van der Waals surface area contributed by atoms with Crippen LogP contribution in [0.4, 0.5) is 5.69 Å². The molecule has 4 nitrogen and oxygen atoms in total. The topological polar surface area (TPSA) is 63.2 Å². The monoisotopic (exact) mass is 335 g/mol. The quantitative estimate of drug-likeness (QED) is 0.449. The maximum atomic E-state index is 11.8. The normalized spacial score (nSPS) is 17.9. The van der Waals surface area contributed by atoms with Gasteiger partial charge in [0.1, 0.15) is 5.75 Å². The maximum Gasteiger partial charge on any atom is 0.177 e. The zero-order valence-corrected chi connectivity index (χ0v) is 14.4. The van der Waals surface area contributed by atoms with Crippen molar-refractivity contribution in [2.75, 3.05) is 23.9 Å². The fourth-order valence-corrected chi connectivity index (χ4v) is 3.48. The molecule has 1 N–H and O–H groups in total. The molecule has 0 fully saturated rings. The summed E-state index contributed by atoms with van der Waals surface area (Å²) in [5.41, 5.74) is 1.40. The summed E-state index contributed by atoms with van der Waals surface area (Å²) in [6.07, 6.45) is 11.7. The number of hydrogen-bond acceptors (Lipinski definition) is 4. The molecule has 0 aliphatic heterocycles. The third kappa shape index (κ3) is 6.57. The van der Waals surface area contributed by atoms with Gasteiger partial charge in [-0.15, -0.1) is 0 Å². The molecule has 0 amide bonds. The molecule has 23 heavy (non-hydrogen) atoms. The Morgan fingerprint density at radius 2 is 1.96 bits per heavy atom. The van der Waals surface area contributed by atoms with E-state index in [1.165, 1.54) is 25.7 Å². The molecule has 126 valence electrons. The van der Waals surface area contributed by atoms with E-state index >= 15 is 0 Å². The first-order valence-electron chi connectivity index (χ1n) is 8.14. The first kappa shape index (κ1) is 17.7. The minimum Gasteiger partial charge on any atom is -0.385 e. The molecule has 0 heterocycles. The summed E-state index contributed by atoms with van der Waals surface area (Å²) >= 11 is 0. The van der Waals surface area contributed by atoms with Gasteiger partial charge in [0.2, 0.25) is 0 Å². The van der Waals surface area contributed by atoms with E-state index in [0.29, 0.717) is 5.56 Å². The predicted octanol–water partition coefficient (Wildman–Crippen LogP) is 3.46. The Balaban J connectivity index is 1.74. The Labute approximate surface area is 138 Å². The Morgan fingerprint density at radius 1 is 1.22 bits per heavy atom. The molecule has 1 unspecified atom stereocenters. The van der Waals surface area contributed by atoms with E-state index < -0.39 is 15.6 Å². The van der Waals surface area contributed by atoms with Gasteiger partial charge in [-0.25, -0.2) is 8.42 Å². The van der Waals surface area contributed by atoms with E-state index in [1.54, 1.807) is 12.1 Å². The van der Waals surface area contributed by atoms with Crippen LogP contribution in [0.15, 0.2) is 36.4 Å². The molecule has 0 radical (unpaired) electrons. The lowest BCUT2D eigenvalue weighted by molar-refractivity contribution is 0.102. The molecule has 2 rings (SSSR count). The first-order chi connectivity index (χ1) is 10.9. The number of ketones is 1. The second kappa shape index (κ2) is 8.29. The van der Waals surface area contributed by atoms with Crippen molar-refractivity contribution in [3.63, 3.8) is 0 Å². The van der Waals surface area contributed by atoms with E-state index in [9.17, 15) is 13.2 Å².